The molecule has 0 radical (unpaired) electrons. The van der Waals surface area contributed by atoms with Crippen LogP contribution in [0.4, 0.5) is 0 Å². The minimum Gasteiger partial charge on any atom is -0.467 e. The third kappa shape index (κ3) is 5.62. The van der Waals surface area contributed by atoms with Crippen LogP contribution in [0.25, 0.3) is 22.3 Å². The van der Waals surface area contributed by atoms with E-state index in [1.807, 2.05) is 0 Å². The van der Waals surface area contributed by atoms with Crippen molar-refractivity contribution in [3.63, 3.8) is 0 Å². The van der Waals surface area contributed by atoms with Crippen LogP contribution in [0.5, 0.6) is 5.75 Å². The van der Waals surface area contributed by atoms with Crippen molar-refractivity contribution in [3.8, 4) is 28.0 Å². The SMILES string of the molecule is COCOc1c(-c2ccccc2-c2ccccc2)cc(C(C)(C)c2ccccc2)c(Br)c1C(C)(C)c1ccccc1. The zero-order valence-electron chi connectivity index (χ0n) is 24.4. The molecule has 0 bridgehead atoms. The van der Waals surface area contributed by atoms with E-state index in [0.717, 1.165) is 38.0 Å². The van der Waals surface area contributed by atoms with Gasteiger partial charge >= 0.3 is 0 Å². The van der Waals surface area contributed by atoms with Crippen LogP contribution in [0, 0.1) is 0 Å². The summed E-state index contributed by atoms with van der Waals surface area (Å²) in [5.41, 5.74) is 8.55. The topological polar surface area (TPSA) is 18.5 Å². The molecule has 0 atom stereocenters. The van der Waals surface area contributed by atoms with E-state index in [-0.39, 0.29) is 17.6 Å². The summed E-state index contributed by atoms with van der Waals surface area (Å²) in [4.78, 5) is 0. The maximum Gasteiger partial charge on any atom is 0.188 e. The molecule has 5 rings (SSSR count). The summed E-state index contributed by atoms with van der Waals surface area (Å²) >= 11 is 4.14. The van der Waals surface area contributed by atoms with Gasteiger partial charge in [-0.05, 0) is 39.4 Å². The highest BCUT2D eigenvalue weighted by Gasteiger charge is 2.36. The number of methoxy groups -OCH3 is 1. The molecule has 0 aromatic heterocycles. The van der Waals surface area contributed by atoms with Gasteiger partial charge in [-0.3, -0.25) is 0 Å². The van der Waals surface area contributed by atoms with Gasteiger partial charge in [-0.2, -0.15) is 0 Å². The van der Waals surface area contributed by atoms with Gasteiger partial charge in [-0.1, -0.05) is 159 Å². The van der Waals surface area contributed by atoms with Crippen LogP contribution in [0.3, 0.4) is 0 Å². The molecule has 5 aromatic carbocycles. The lowest BCUT2D eigenvalue weighted by Crippen LogP contribution is -2.26. The van der Waals surface area contributed by atoms with Crippen molar-refractivity contribution in [2.24, 2.45) is 0 Å². The Bertz CT molecular complexity index is 1610. The first kappa shape index (κ1) is 28.9. The predicted molar refractivity (Wildman–Crippen MR) is 175 cm³/mol. The quantitative estimate of drug-likeness (QED) is 0.156. The molecule has 0 aliphatic rings. The van der Waals surface area contributed by atoms with E-state index in [4.69, 9.17) is 9.47 Å². The Kier molecular flexibility index (Phi) is 8.49. The molecule has 0 saturated carbocycles. The summed E-state index contributed by atoms with van der Waals surface area (Å²) in [5.74, 6) is 0.823. The molecular weight excluding hydrogens is 568 g/mol. The minimum absolute atomic E-state index is 0.145. The Balaban J connectivity index is 1.90. The average Bonchev–Trinajstić information content (AvgIpc) is 3.01. The van der Waals surface area contributed by atoms with E-state index in [9.17, 15) is 0 Å². The third-order valence-electron chi connectivity index (χ3n) is 8.13. The Labute approximate surface area is 253 Å². The van der Waals surface area contributed by atoms with Gasteiger partial charge in [0.2, 0.25) is 0 Å². The largest absolute Gasteiger partial charge is 0.467 e. The maximum absolute atomic E-state index is 6.57. The van der Waals surface area contributed by atoms with Crippen LogP contribution in [0.1, 0.15) is 49.9 Å². The number of halogens is 1. The number of hydrogen-bond donors (Lipinski definition) is 0. The molecule has 208 valence electrons. The van der Waals surface area contributed by atoms with Crippen LogP contribution in [0.15, 0.2) is 126 Å². The normalized spacial score (nSPS) is 11.9. The Morgan fingerprint density at radius 2 is 1.07 bits per heavy atom. The van der Waals surface area contributed by atoms with Gasteiger partial charge in [0.25, 0.3) is 0 Å². The lowest BCUT2D eigenvalue weighted by Gasteiger charge is -2.35. The Morgan fingerprint density at radius 1 is 0.585 bits per heavy atom. The number of rotatable bonds is 9. The lowest BCUT2D eigenvalue weighted by molar-refractivity contribution is 0.0502. The second-order valence-corrected chi connectivity index (χ2v) is 12.2. The molecular formula is C38H37BrO2. The van der Waals surface area contributed by atoms with Crippen LogP contribution in [-0.4, -0.2) is 13.9 Å². The highest BCUT2D eigenvalue weighted by molar-refractivity contribution is 9.10. The van der Waals surface area contributed by atoms with Crippen molar-refractivity contribution < 1.29 is 9.47 Å². The zero-order valence-corrected chi connectivity index (χ0v) is 26.0. The predicted octanol–water partition coefficient (Wildman–Crippen LogP) is 10.4. The smallest absolute Gasteiger partial charge is 0.188 e. The molecule has 0 saturated heterocycles. The third-order valence-corrected chi connectivity index (χ3v) is 8.95. The molecule has 41 heavy (non-hydrogen) atoms. The molecule has 0 aliphatic heterocycles. The lowest BCUT2D eigenvalue weighted by atomic mass is 9.71. The number of ether oxygens (including phenoxy) is 2. The van der Waals surface area contributed by atoms with Crippen LogP contribution in [-0.2, 0) is 15.6 Å². The van der Waals surface area contributed by atoms with E-state index < -0.39 is 0 Å². The van der Waals surface area contributed by atoms with Crippen molar-refractivity contribution in [1.82, 2.24) is 0 Å². The summed E-state index contributed by atoms with van der Waals surface area (Å²) in [5, 5.41) is 0. The van der Waals surface area contributed by atoms with Crippen molar-refractivity contribution >= 4 is 15.9 Å². The van der Waals surface area contributed by atoms with Crippen molar-refractivity contribution in [1.29, 1.82) is 0 Å². The standard InChI is InChI=1S/C38H37BrO2/c1-37(2,28-19-11-7-12-20-28)33-25-32(31-24-16-15-23-30(31)27-17-9-6-10-18-27)36(41-26-40-5)34(35(33)39)38(3,4)29-21-13-8-14-22-29/h6-25H,26H2,1-5H3. The number of hydrogen-bond acceptors (Lipinski definition) is 2. The molecule has 0 heterocycles. The number of benzene rings is 5. The molecule has 0 fully saturated rings. The fourth-order valence-electron chi connectivity index (χ4n) is 5.72. The monoisotopic (exact) mass is 604 g/mol. The van der Waals surface area contributed by atoms with E-state index in [1.165, 1.54) is 16.7 Å². The fourth-order valence-corrected chi connectivity index (χ4v) is 7.01. The molecule has 0 N–H and O–H groups in total. The van der Waals surface area contributed by atoms with Crippen molar-refractivity contribution in [2.45, 2.75) is 38.5 Å². The van der Waals surface area contributed by atoms with Gasteiger partial charge in [0.15, 0.2) is 6.79 Å². The van der Waals surface area contributed by atoms with Gasteiger partial charge in [0, 0.05) is 33.5 Å². The molecule has 2 nitrogen and oxygen atoms in total. The van der Waals surface area contributed by atoms with Gasteiger partial charge in [0.1, 0.15) is 5.75 Å². The highest BCUT2D eigenvalue weighted by Crippen LogP contribution is 2.52. The second kappa shape index (κ2) is 12.1. The van der Waals surface area contributed by atoms with Gasteiger partial charge < -0.3 is 9.47 Å². The summed E-state index contributed by atoms with van der Waals surface area (Å²) in [6.45, 7) is 9.28. The Hall–Kier alpha value is -3.66. The highest BCUT2D eigenvalue weighted by atomic mass is 79.9. The first-order valence-corrected chi connectivity index (χ1v) is 14.8. The zero-order chi connectivity index (χ0) is 29.0. The van der Waals surface area contributed by atoms with E-state index >= 15 is 0 Å². The van der Waals surface area contributed by atoms with E-state index in [2.05, 4.69) is 165 Å². The fraction of sp³-hybridized carbons (Fsp3) is 0.211. The van der Waals surface area contributed by atoms with Crippen LogP contribution >= 0.6 is 15.9 Å². The van der Waals surface area contributed by atoms with Crippen molar-refractivity contribution in [2.75, 3.05) is 13.9 Å². The molecule has 0 unspecified atom stereocenters. The average molecular weight is 606 g/mol. The first-order valence-electron chi connectivity index (χ1n) is 14.0. The van der Waals surface area contributed by atoms with Gasteiger partial charge in [0.05, 0.1) is 0 Å². The Morgan fingerprint density at radius 3 is 1.63 bits per heavy atom. The molecule has 0 aliphatic carbocycles. The second-order valence-electron chi connectivity index (χ2n) is 11.4. The van der Waals surface area contributed by atoms with Gasteiger partial charge in [-0.15, -0.1) is 0 Å². The van der Waals surface area contributed by atoms with Crippen molar-refractivity contribution in [3.05, 3.63) is 148 Å². The molecule has 3 heteroatoms. The van der Waals surface area contributed by atoms with Crippen LogP contribution < -0.4 is 4.74 Å². The summed E-state index contributed by atoms with van der Waals surface area (Å²) < 4.78 is 13.1. The van der Waals surface area contributed by atoms with Gasteiger partial charge in [-0.25, -0.2) is 0 Å². The maximum atomic E-state index is 6.57. The van der Waals surface area contributed by atoms with E-state index in [0.29, 0.717) is 0 Å². The minimum atomic E-state index is -0.387. The molecule has 0 spiro atoms. The van der Waals surface area contributed by atoms with Crippen LogP contribution in [0.2, 0.25) is 0 Å². The summed E-state index contributed by atoms with van der Waals surface area (Å²) in [7, 11) is 1.67. The van der Waals surface area contributed by atoms with E-state index in [1.54, 1.807) is 7.11 Å². The molecule has 5 aromatic rings. The summed E-state index contributed by atoms with van der Waals surface area (Å²) in [6.07, 6.45) is 0. The molecule has 0 amide bonds. The first-order chi connectivity index (χ1) is 19.8. The summed E-state index contributed by atoms with van der Waals surface area (Å²) in [6, 6.07) is 42.8.